The van der Waals surface area contributed by atoms with Gasteiger partial charge in [-0.1, -0.05) is 46.6 Å². The first kappa shape index (κ1) is 17.1. The van der Waals surface area contributed by atoms with E-state index < -0.39 is 0 Å². The first-order valence-corrected chi connectivity index (χ1v) is 8.26. The zero-order valence-corrected chi connectivity index (χ0v) is 15.0. The van der Waals surface area contributed by atoms with Crippen LogP contribution in [-0.2, 0) is 13.2 Å². The Bertz CT molecular complexity index is 634. The maximum absolute atomic E-state index is 6.02. The van der Waals surface area contributed by atoms with Crippen molar-refractivity contribution in [3.05, 3.63) is 57.0 Å². The molecule has 0 fully saturated rings. The lowest BCUT2D eigenvalue weighted by molar-refractivity contribution is 0.280. The van der Waals surface area contributed by atoms with E-state index in [0.29, 0.717) is 18.2 Å². The van der Waals surface area contributed by atoms with Gasteiger partial charge in [0.25, 0.3) is 0 Å². The molecule has 0 saturated carbocycles. The predicted octanol–water partition coefficient (Wildman–Crippen LogP) is 4.80. The summed E-state index contributed by atoms with van der Waals surface area (Å²) >= 11 is 9.59. The molecule has 0 aliphatic carbocycles. The van der Waals surface area contributed by atoms with E-state index in [2.05, 4.69) is 28.2 Å². The summed E-state index contributed by atoms with van der Waals surface area (Å²) in [6.45, 7) is 4.10. The molecule has 3 nitrogen and oxygen atoms in total. The summed E-state index contributed by atoms with van der Waals surface area (Å²) in [5.41, 5.74) is 2.06. The summed E-state index contributed by atoms with van der Waals surface area (Å²) in [5.74, 6) is 1.47. The molecule has 2 rings (SSSR count). The molecule has 0 atom stereocenters. The van der Waals surface area contributed by atoms with Gasteiger partial charge in [0, 0.05) is 21.6 Å². The standard InChI is InChI=1S/C17H19BrClNO2/c1-3-20-10-14-15(18)7-8-16(21-2)17(14)22-11-12-5-4-6-13(19)9-12/h4-9,20H,3,10-11H2,1-2H3. The maximum atomic E-state index is 6.02. The van der Waals surface area contributed by atoms with Gasteiger partial charge in [-0.05, 0) is 36.4 Å². The van der Waals surface area contributed by atoms with Crippen molar-refractivity contribution in [3.63, 3.8) is 0 Å². The minimum atomic E-state index is 0.437. The highest BCUT2D eigenvalue weighted by Gasteiger charge is 2.14. The molecular weight excluding hydrogens is 366 g/mol. The topological polar surface area (TPSA) is 30.5 Å². The van der Waals surface area contributed by atoms with E-state index in [9.17, 15) is 0 Å². The predicted molar refractivity (Wildman–Crippen MR) is 93.9 cm³/mol. The molecule has 5 heteroatoms. The van der Waals surface area contributed by atoms with Crippen LogP contribution in [0.25, 0.3) is 0 Å². The van der Waals surface area contributed by atoms with Crippen LogP contribution in [0.4, 0.5) is 0 Å². The van der Waals surface area contributed by atoms with Crippen LogP contribution in [0.2, 0.25) is 5.02 Å². The minimum Gasteiger partial charge on any atom is -0.493 e. The summed E-state index contributed by atoms with van der Waals surface area (Å²) in [7, 11) is 1.65. The molecule has 0 aliphatic heterocycles. The SMILES string of the molecule is CCNCc1c(Br)ccc(OC)c1OCc1cccc(Cl)c1. The van der Waals surface area contributed by atoms with Crippen molar-refractivity contribution >= 4 is 27.5 Å². The van der Waals surface area contributed by atoms with Crippen molar-refractivity contribution < 1.29 is 9.47 Å². The molecule has 2 aromatic rings. The van der Waals surface area contributed by atoms with Gasteiger partial charge in [0.2, 0.25) is 0 Å². The Morgan fingerprint density at radius 2 is 2.05 bits per heavy atom. The highest BCUT2D eigenvalue weighted by Crippen LogP contribution is 2.36. The quantitative estimate of drug-likeness (QED) is 0.744. The Hall–Kier alpha value is -1.23. The van der Waals surface area contributed by atoms with Crippen LogP contribution in [0.3, 0.4) is 0 Å². The summed E-state index contributed by atoms with van der Waals surface area (Å²) in [5, 5.41) is 4.02. The van der Waals surface area contributed by atoms with Crippen LogP contribution in [0, 0.1) is 0 Å². The average Bonchev–Trinajstić information content (AvgIpc) is 2.52. The van der Waals surface area contributed by atoms with E-state index in [0.717, 1.165) is 33.6 Å². The Morgan fingerprint density at radius 1 is 1.23 bits per heavy atom. The van der Waals surface area contributed by atoms with E-state index in [1.807, 2.05) is 36.4 Å². The van der Waals surface area contributed by atoms with E-state index in [1.165, 1.54) is 0 Å². The van der Waals surface area contributed by atoms with E-state index in [-0.39, 0.29) is 0 Å². The van der Waals surface area contributed by atoms with Gasteiger partial charge in [0.05, 0.1) is 7.11 Å². The molecule has 0 unspecified atom stereocenters. The van der Waals surface area contributed by atoms with Crippen molar-refractivity contribution in [3.8, 4) is 11.5 Å². The van der Waals surface area contributed by atoms with Crippen LogP contribution < -0.4 is 14.8 Å². The highest BCUT2D eigenvalue weighted by atomic mass is 79.9. The summed E-state index contributed by atoms with van der Waals surface area (Å²) < 4.78 is 12.5. The third kappa shape index (κ3) is 4.38. The number of rotatable bonds is 7. The van der Waals surface area contributed by atoms with Crippen molar-refractivity contribution in [2.75, 3.05) is 13.7 Å². The molecule has 0 bridgehead atoms. The third-order valence-corrected chi connectivity index (χ3v) is 4.19. The molecule has 22 heavy (non-hydrogen) atoms. The average molecular weight is 385 g/mol. The van der Waals surface area contributed by atoms with Crippen LogP contribution in [-0.4, -0.2) is 13.7 Å². The minimum absolute atomic E-state index is 0.437. The second kappa shape index (κ2) is 8.42. The zero-order chi connectivity index (χ0) is 15.9. The van der Waals surface area contributed by atoms with Gasteiger partial charge < -0.3 is 14.8 Å². The largest absolute Gasteiger partial charge is 0.493 e. The number of nitrogens with one attached hydrogen (secondary N) is 1. The van der Waals surface area contributed by atoms with Gasteiger partial charge in [-0.25, -0.2) is 0 Å². The molecule has 0 saturated heterocycles. The fourth-order valence-corrected chi connectivity index (χ4v) is 2.76. The molecular formula is C17H19BrClNO2. The van der Waals surface area contributed by atoms with Crippen LogP contribution in [0.5, 0.6) is 11.5 Å². The normalized spacial score (nSPS) is 10.5. The third-order valence-electron chi connectivity index (χ3n) is 3.21. The second-order valence-corrected chi connectivity index (χ2v) is 6.05. The molecule has 0 aliphatic rings. The lowest BCUT2D eigenvalue weighted by Crippen LogP contribution is -2.14. The highest BCUT2D eigenvalue weighted by molar-refractivity contribution is 9.10. The number of ether oxygens (including phenoxy) is 2. The van der Waals surface area contributed by atoms with Crippen molar-refractivity contribution in [1.82, 2.24) is 5.32 Å². The molecule has 2 aromatic carbocycles. The smallest absolute Gasteiger partial charge is 0.167 e. The Kier molecular flexibility index (Phi) is 6.55. The fraction of sp³-hybridized carbons (Fsp3) is 0.294. The van der Waals surface area contributed by atoms with Gasteiger partial charge in [-0.15, -0.1) is 0 Å². The number of halogens is 2. The molecule has 1 N–H and O–H groups in total. The number of benzene rings is 2. The Morgan fingerprint density at radius 3 is 2.73 bits per heavy atom. The van der Waals surface area contributed by atoms with Gasteiger partial charge in [0.1, 0.15) is 6.61 Å². The summed E-state index contributed by atoms with van der Waals surface area (Å²) in [4.78, 5) is 0. The zero-order valence-electron chi connectivity index (χ0n) is 12.7. The van der Waals surface area contributed by atoms with E-state index in [4.69, 9.17) is 21.1 Å². The molecule has 0 aromatic heterocycles. The monoisotopic (exact) mass is 383 g/mol. The molecule has 118 valence electrons. The molecule has 0 heterocycles. The molecule has 0 amide bonds. The lowest BCUT2D eigenvalue weighted by atomic mass is 10.1. The number of hydrogen-bond donors (Lipinski definition) is 1. The van der Waals surface area contributed by atoms with E-state index >= 15 is 0 Å². The maximum Gasteiger partial charge on any atom is 0.167 e. The number of hydrogen-bond acceptors (Lipinski definition) is 3. The lowest BCUT2D eigenvalue weighted by Gasteiger charge is -2.17. The second-order valence-electron chi connectivity index (χ2n) is 4.76. The Balaban J connectivity index is 2.25. The van der Waals surface area contributed by atoms with Crippen LogP contribution >= 0.6 is 27.5 Å². The van der Waals surface area contributed by atoms with Gasteiger partial charge in [-0.3, -0.25) is 0 Å². The Labute approximate surface area is 144 Å². The van der Waals surface area contributed by atoms with Crippen molar-refractivity contribution in [2.24, 2.45) is 0 Å². The number of methoxy groups -OCH3 is 1. The van der Waals surface area contributed by atoms with Crippen molar-refractivity contribution in [1.29, 1.82) is 0 Å². The van der Waals surface area contributed by atoms with Crippen molar-refractivity contribution in [2.45, 2.75) is 20.1 Å². The fourth-order valence-electron chi connectivity index (χ4n) is 2.10. The van der Waals surface area contributed by atoms with Crippen LogP contribution in [0.15, 0.2) is 40.9 Å². The van der Waals surface area contributed by atoms with Gasteiger partial charge in [0.15, 0.2) is 11.5 Å². The van der Waals surface area contributed by atoms with Crippen LogP contribution in [0.1, 0.15) is 18.1 Å². The first-order valence-electron chi connectivity index (χ1n) is 7.09. The summed E-state index contributed by atoms with van der Waals surface area (Å²) in [6, 6.07) is 11.5. The van der Waals surface area contributed by atoms with Gasteiger partial charge >= 0.3 is 0 Å². The first-order chi connectivity index (χ1) is 10.7. The molecule has 0 spiro atoms. The van der Waals surface area contributed by atoms with Gasteiger partial charge in [-0.2, -0.15) is 0 Å². The molecule has 0 radical (unpaired) electrons. The summed E-state index contributed by atoms with van der Waals surface area (Å²) in [6.07, 6.45) is 0. The van der Waals surface area contributed by atoms with E-state index in [1.54, 1.807) is 7.11 Å².